The molecule has 160 valence electrons. The van der Waals surface area contributed by atoms with Gasteiger partial charge in [0.25, 0.3) is 0 Å². The number of fused-ring (bicyclic) bond motifs is 1. The van der Waals surface area contributed by atoms with Crippen LogP contribution in [-0.4, -0.2) is 20.8 Å². The highest BCUT2D eigenvalue weighted by Gasteiger charge is 2.35. The van der Waals surface area contributed by atoms with E-state index < -0.39 is 17.9 Å². The minimum absolute atomic E-state index is 0.153. The first-order chi connectivity index (χ1) is 14.7. The molecular formula is C21H17ClF3N5O. The Hall–Kier alpha value is -3.46. The zero-order valence-corrected chi connectivity index (χ0v) is 17.0. The van der Waals surface area contributed by atoms with Crippen LogP contribution in [0, 0.1) is 6.92 Å². The fourth-order valence-electron chi connectivity index (χ4n) is 3.26. The SMILES string of the molecule is Cc1cc2c(NC(=O)NCc3cc(C(F)(F)F)nn3-c3cccc(Cl)c3)cccc2[nH]1. The molecule has 2 heterocycles. The van der Waals surface area contributed by atoms with Gasteiger partial charge in [-0.3, -0.25) is 0 Å². The molecule has 4 rings (SSSR count). The van der Waals surface area contributed by atoms with E-state index in [1.165, 1.54) is 6.07 Å². The quantitative estimate of drug-likeness (QED) is 0.378. The van der Waals surface area contributed by atoms with Crippen molar-refractivity contribution in [2.45, 2.75) is 19.6 Å². The van der Waals surface area contributed by atoms with Crippen LogP contribution in [0.15, 0.2) is 54.6 Å². The number of hydrogen-bond acceptors (Lipinski definition) is 2. The molecule has 0 spiro atoms. The lowest BCUT2D eigenvalue weighted by atomic mass is 10.2. The molecule has 0 unspecified atom stereocenters. The number of anilines is 1. The highest BCUT2D eigenvalue weighted by atomic mass is 35.5. The van der Waals surface area contributed by atoms with Crippen molar-refractivity contribution in [3.05, 3.63) is 76.7 Å². The number of aromatic nitrogens is 3. The summed E-state index contributed by atoms with van der Waals surface area (Å²) in [5.41, 5.74) is 1.84. The molecule has 0 saturated carbocycles. The van der Waals surface area contributed by atoms with Gasteiger partial charge in [0.1, 0.15) is 0 Å². The standard InChI is InChI=1S/C21H17ClF3N5O/c1-12-8-16-17(27-12)6-3-7-18(16)28-20(31)26-11-15-10-19(21(23,24)25)29-30(15)14-5-2-4-13(22)9-14/h2-10,27H,11H2,1H3,(H2,26,28,31). The molecule has 31 heavy (non-hydrogen) atoms. The molecule has 0 radical (unpaired) electrons. The fourth-order valence-corrected chi connectivity index (χ4v) is 3.44. The van der Waals surface area contributed by atoms with E-state index >= 15 is 0 Å². The van der Waals surface area contributed by atoms with Gasteiger partial charge in [-0.05, 0) is 49.4 Å². The van der Waals surface area contributed by atoms with Gasteiger partial charge >= 0.3 is 12.2 Å². The van der Waals surface area contributed by atoms with Crippen molar-refractivity contribution in [1.82, 2.24) is 20.1 Å². The minimum atomic E-state index is -4.62. The highest BCUT2D eigenvalue weighted by Crippen LogP contribution is 2.30. The van der Waals surface area contributed by atoms with Crippen LogP contribution >= 0.6 is 11.6 Å². The van der Waals surface area contributed by atoms with E-state index in [0.29, 0.717) is 16.4 Å². The van der Waals surface area contributed by atoms with Gasteiger partial charge in [0.15, 0.2) is 5.69 Å². The number of carbonyl (C=O) groups excluding carboxylic acids is 1. The van der Waals surface area contributed by atoms with Crippen molar-refractivity contribution in [1.29, 1.82) is 0 Å². The van der Waals surface area contributed by atoms with Crippen LogP contribution < -0.4 is 10.6 Å². The van der Waals surface area contributed by atoms with Crippen molar-refractivity contribution < 1.29 is 18.0 Å². The molecule has 2 aromatic heterocycles. The molecule has 10 heteroatoms. The summed E-state index contributed by atoms with van der Waals surface area (Å²) >= 11 is 5.97. The smallest absolute Gasteiger partial charge is 0.359 e. The van der Waals surface area contributed by atoms with Gasteiger partial charge in [-0.25, -0.2) is 9.48 Å². The number of urea groups is 1. The average molecular weight is 448 g/mol. The Bertz CT molecular complexity index is 1260. The average Bonchev–Trinajstić information content (AvgIpc) is 3.30. The number of carbonyl (C=O) groups is 1. The van der Waals surface area contributed by atoms with Crippen LogP contribution in [0.2, 0.25) is 5.02 Å². The van der Waals surface area contributed by atoms with Gasteiger partial charge in [0.05, 0.1) is 23.6 Å². The van der Waals surface area contributed by atoms with Crippen LogP contribution in [0.1, 0.15) is 17.1 Å². The molecule has 0 aliphatic carbocycles. The third-order valence-electron chi connectivity index (χ3n) is 4.60. The van der Waals surface area contributed by atoms with Crippen molar-refractivity contribution in [2.24, 2.45) is 0 Å². The lowest BCUT2D eigenvalue weighted by Crippen LogP contribution is -2.29. The number of aryl methyl sites for hydroxylation is 1. The Balaban J connectivity index is 1.56. The summed E-state index contributed by atoms with van der Waals surface area (Å²) in [5.74, 6) is 0. The second-order valence-electron chi connectivity index (χ2n) is 6.94. The number of aromatic amines is 1. The van der Waals surface area contributed by atoms with Crippen LogP contribution in [0.5, 0.6) is 0 Å². The van der Waals surface area contributed by atoms with Gasteiger partial charge in [0, 0.05) is 21.6 Å². The maximum Gasteiger partial charge on any atom is 0.435 e. The Morgan fingerprint density at radius 2 is 1.94 bits per heavy atom. The molecule has 2 amide bonds. The minimum Gasteiger partial charge on any atom is -0.359 e. The zero-order valence-electron chi connectivity index (χ0n) is 16.2. The van der Waals surface area contributed by atoms with Crippen LogP contribution in [0.25, 0.3) is 16.6 Å². The van der Waals surface area contributed by atoms with Gasteiger partial charge < -0.3 is 15.6 Å². The first kappa shape index (κ1) is 20.8. The Morgan fingerprint density at radius 1 is 1.16 bits per heavy atom. The van der Waals surface area contributed by atoms with E-state index in [-0.39, 0.29) is 12.2 Å². The van der Waals surface area contributed by atoms with Gasteiger partial charge in [0.2, 0.25) is 0 Å². The number of hydrogen-bond donors (Lipinski definition) is 3. The molecule has 0 aliphatic rings. The number of halogens is 4. The summed E-state index contributed by atoms with van der Waals surface area (Å²) in [4.78, 5) is 15.6. The number of alkyl halides is 3. The molecule has 0 atom stereocenters. The number of H-pyrrole nitrogens is 1. The summed E-state index contributed by atoms with van der Waals surface area (Å²) < 4.78 is 40.7. The summed E-state index contributed by atoms with van der Waals surface area (Å²) in [6, 6.07) is 13.9. The highest BCUT2D eigenvalue weighted by molar-refractivity contribution is 6.30. The molecule has 0 saturated heterocycles. The second kappa shape index (κ2) is 7.99. The number of benzene rings is 2. The normalized spacial score (nSPS) is 11.6. The van der Waals surface area contributed by atoms with E-state index in [4.69, 9.17) is 11.6 Å². The van der Waals surface area contributed by atoms with Crippen molar-refractivity contribution in [3.8, 4) is 5.69 Å². The maximum atomic E-state index is 13.2. The van der Waals surface area contributed by atoms with E-state index in [9.17, 15) is 18.0 Å². The molecule has 3 N–H and O–H groups in total. The zero-order chi connectivity index (χ0) is 22.2. The van der Waals surface area contributed by atoms with Crippen molar-refractivity contribution in [2.75, 3.05) is 5.32 Å². The van der Waals surface area contributed by atoms with Crippen molar-refractivity contribution >= 4 is 34.2 Å². The molecule has 4 aromatic rings. The van der Waals surface area contributed by atoms with Crippen LogP contribution in [-0.2, 0) is 12.7 Å². The third kappa shape index (κ3) is 4.51. The summed E-state index contributed by atoms with van der Waals surface area (Å²) in [5, 5.41) is 10.2. The second-order valence-corrected chi connectivity index (χ2v) is 7.37. The lowest BCUT2D eigenvalue weighted by molar-refractivity contribution is -0.141. The fraction of sp³-hybridized carbons (Fsp3) is 0.143. The number of nitrogens with zero attached hydrogens (tertiary/aromatic N) is 2. The third-order valence-corrected chi connectivity index (χ3v) is 4.84. The monoisotopic (exact) mass is 447 g/mol. The summed E-state index contributed by atoms with van der Waals surface area (Å²) in [6.45, 7) is 1.72. The largest absolute Gasteiger partial charge is 0.435 e. The van der Waals surface area contributed by atoms with Crippen LogP contribution in [0.4, 0.5) is 23.7 Å². The molecule has 2 aromatic carbocycles. The number of amides is 2. The molecule has 6 nitrogen and oxygen atoms in total. The Labute approximate surface area is 180 Å². The summed E-state index contributed by atoms with van der Waals surface area (Å²) in [6.07, 6.45) is -4.62. The predicted molar refractivity (Wildman–Crippen MR) is 112 cm³/mol. The van der Waals surface area contributed by atoms with E-state index in [0.717, 1.165) is 27.3 Å². The molecule has 0 fully saturated rings. The van der Waals surface area contributed by atoms with E-state index in [1.54, 1.807) is 30.3 Å². The molecule has 0 aliphatic heterocycles. The van der Waals surface area contributed by atoms with Gasteiger partial charge in [-0.2, -0.15) is 18.3 Å². The summed E-state index contributed by atoms with van der Waals surface area (Å²) in [7, 11) is 0. The molecular weight excluding hydrogens is 431 g/mol. The van der Waals surface area contributed by atoms with Gasteiger partial charge in [-0.15, -0.1) is 0 Å². The lowest BCUT2D eigenvalue weighted by Gasteiger charge is -2.11. The maximum absolute atomic E-state index is 13.2. The predicted octanol–water partition coefficient (Wildman–Crippen LogP) is 5.66. The first-order valence-corrected chi connectivity index (χ1v) is 9.64. The Morgan fingerprint density at radius 3 is 2.68 bits per heavy atom. The van der Waals surface area contributed by atoms with Gasteiger partial charge in [-0.1, -0.05) is 23.7 Å². The van der Waals surface area contributed by atoms with E-state index in [1.807, 2.05) is 19.1 Å². The number of nitrogens with one attached hydrogen (secondary N) is 3. The molecule has 0 bridgehead atoms. The van der Waals surface area contributed by atoms with Crippen molar-refractivity contribution in [3.63, 3.8) is 0 Å². The Kier molecular flexibility index (Phi) is 5.36. The topological polar surface area (TPSA) is 74.7 Å². The first-order valence-electron chi connectivity index (χ1n) is 9.26. The van der Waals surface area contributed by atoms with E-state index in [2.05, 4.69) is 20.7 Å². The van der Waals surface area contributed by atoms with Crippen LogP contribution in [0.3, 0.4) is 0 Å². The number of rotatable bonds is 4.